The summed E-state index contributed by atoms with van der Waals surface area (Å²) >= 11 is 0. The van der Waals surface area contributed by atoms with E-state index in [1.54, 1.807) is 6.92 Å². The van der Waals surface area contributed by atoms with Gasteiger partial charge in [0, 0.05) is 30.0 Å². The van der Waals surface area contributed by atoms with Crippen LogP contribution in [0.1, 0.15) is 34.7 Å². The van der Waals surface area contributed by atoms with Crippen LogP contribution in [0.25, 0.3) is 0 Å². The maximum absolute atomic E-state index is 12.1. The summed E-state index contributed by atoms with van der Waals surface area (Å²) in [5.41, 5.74) is 3.10. The number of hydrogen-bond donors (Lipinski definition) is 1. The number of anilines is 2. The fourth-order valence-corrected chi connectivity index (χ4v) is 2.55. The van der Waals surface area contributed by atoms with Crippen LogP contribution in [0, 0.1) is 13.8 Å². The van der Waals surface area contributed by atoms with Gasteiger partial charge in [-0.2, -0.15) is 0 Å². The van der Waals surface area contributed by atoms with Crippen molar-refractivity contribution in [1.82, 2.24) is 5.16 Å². The van der Waals surface area contributed by atoms with Gasteiger partial charge in [-0.3, -0.25) is 4.79 Å². The van der Waals surface area contributed by atoms with E-state index in [0.717, 1.165) is 24.3 Å². The van der Waals surface area contributed by atoms with E-state index in [4.69, 9.17) is 4.52 Å². The van der Waals surface area contributed by atoms with Gasteiger partial charge in [0.25, 0.3) is 5.91 Å². The van der Waals surface area contributed by atoms with E-state index in [1.807, 2.05) is 31.2 Å². The van der Waals surface area contributed by atoms with E-state index in [2.05, 4.69) is 15.4 Å². The van der Waals surface area contributed by atoms with Gasteiger partial charge in [-0.15, -0.1) is 0 Å². The minimum Gasteiger partial charge on any atom is -0.372 e. The van der Waals surface area contributed by atoms with Gasteiger partial charge in [-0.1, -0.05) is 5.16 Å². The maximum atomic E-state index is 12.1. The molecule has 3 rings (SSSR count). The summed E-state index contributed by atoms with van der Waals surface area (Å²) in [6.07, 6.45) is 2.51. The molecule has 0 radical (unpaired) electrons. The van der Waals surface area contributed by atoms with Crippen LogP contribution in [0.15, 0.2) is 28.8 Å². The Morgan fingerprint density at radius 3 is 2.43 bits per heavy atom. The minimum absolute atomic E-state index is 0.238. The summed E-state index contributed by atoms with van der Waals surface area (Å²) in [5, 5.41) is 6.65. The topological polar surface area (TPSA) is 58.4 Å². The molecule has 1 saturated heterocycles. The van der Waals surface area contributed by atoms with Crippen molar-refractivity contribution >= 4 is 17.3 Å². The molecule has 0 unspecified atom stereocenters. The van der Waals surface area contributed by atoms with Gasteiger partial charge < -0.3 is 14.7 Å². The zero-order chi connectivity index (χ0) is 14.8. The Kier molecular flexibility index (Phi) is 3.64. The molecule has 1 amide bonds. The van der Waals surface area contributed by atoms with Crippen molar-refractivity contribution in [3.05, 3.63) is 41.3 Å². The standard InChI is InChI=1S/C16H19N3O2/c1-11-12(2)21-18-15(11)16(20)17-13-5-7-14(8-6-13)19-9-3-4-10-19/h5-8H,3-4,9-10H2,1-2H3,(H,17,20). The van der Waals surface area contributed by atoms with Crippen LogP contribution in [0.3, 0.4) is 0 Å². The number of nitrogens with one attached hydrogen (secondary N) is 1. The van der Waals surface area contributed by atoms with Gasteiger partial charge >= 0.3 is 0 Å². The van der Waals surface area contributed by atoms with E-state index in [9.17, 15) is 4.79 Å². The van der Waals surface area contributed by atoms with Gasteiger partial charge in [-0.25, -0.2) is 0 Å². The fraction of sp³-hybridized carbons (Fsp3) is 0.375. The highest BCUT2D eigenvalue weighted by Gasteiger charge is 2.17. The molecule has 2 heterocycles. The predicted octanol–water partition coefficient (Wildman–Crippen LogP) is 3.14. The Balaban J connectivity index is 1.70. The van der Waals surface area contributed by atoms with Crippen molar-refractivity contribution in [1.29, 1.82) is 0 Å². The highest BCUT2D eigenvalue weighted by atomic mass is 16.5. The third-order valence-electron chi connectivity index (χ3n) is 3.97. The average Bonchev–Trinajstić information content (AvgIpc) is 3.11. The van der Waals surface area contributed by atoms with Crippen LogP contribution in [-0.4, -0.2) is 24.2 Å². The number of benzene rings is 1. The summed E-state index contributed by atoms with van der Waals surface area (Å²) in [6, 6.07) is 7.94. The number of rotatable bonds is 3. The molecule has 0 atom stereocenters. The Bertz CT molecular complexity index is 640. The molecule has 5 heteroatoms. The smallest absolute Gasteiger partial charge is 0.278 e. The van der Waals surface area contributed by atoms with Crippen molar-refractivity contribution in [3.8, 4) is 0 Å². The van der Waals surface area contributed by atoms with E-state index < -0.39 is 0 Å². The number of aromatic nitrogens is 1. The highest BCUT2D eigenvalue weighted by Crippen LogP contribution is 2.22. The molecule has 5 nitrogen and oxygen atoms in total. The molecule has 21 heavy (non-hydrogen) atoms. The first-order chi connectivity index (χ1) is 10.1. The van der Waals surface area contributed by atoms with Gasteiger partial charge in [0.1, 0.15) is 5.76 Å². The quantitative estimate of drug-likeness (QED) is 0.941. The molecule has 110 valence electrons. The van der Waals surface area contributed by atoms with E-state index in [0.29, 0.717) is 11.5 Å². The van der Waals surface area contributed by atoms with Crippen LogP contribution < -0.4 is 10.2 Å². The highest BCUT2D eigenvalue weighted by molar-refractivity contribution is 6.03. The second kappa shape index (κ2) is 5.60. The van der Waals surface area contributed by atoms with Crippen LogP contribution in [0.4, 0.5) is 11.4 Å². The lowest BCUT2D eigenvalue weighted by Gasteiger charge is -2.17. The molecular weight excluding hydrogens is 266 g/mol. The molecular formula is C16H19N3O2. The number of nitrogens with zero attached hydrogens (tertiary/aromatic N) is 2. The number of carbonyl (C=O) groups excluding carboxylic acids is 1. The first-order valence-electron chi connectivity index (χ1n) is 7.24. The summed E-state index contributed by atoms with van der Waals surface area (Å²) in [4.78, 5) is 14.5. The fourth-order valence-electron chi connectivity index (χ4n) is 2.55. The molecule has 0 bridgehead atoms. The molecule has 1 aliphatic heterocycles. The van der Waals surface area contributed by atoms with Gasteiger partial charge in [0.15, 0.2) is 5.69 Å². The second-order valence-corrected chi connectivity index (χ2v) is 5.41. The van der Waals surface area contributed by atoms with Crippen LogP contribution in [0.5, 0.6) is 0 Å². The Labute approximate surface area is 123 Å². The van der Waals surface area contributed by atoms with Crippen LogP contribution in [0.2, 0.25) is 0 Å². The largest absolute Gasteiger partial charge is 0.372 e. The molecule has 1 fully saturated rings. The first-order valence-corrected chi connectivity index (χ1v) is 7.24. The number of carbonyl (C=O) groups is 1. The lowest BCUT2D eigenvalue weighted by Crippen LogP contribution is -2.17. The Morgan fingerprint density at radius 1 is 1.19 bits per heavy atom. The maximum Gasteiger partial charge on any atom is 0.278 e. The summed E-state index contributed by atoms with van der Waals surface area (Å²) < 4.78 is 5.02. The molecule has 0 aliphatic carbocycles. The van der Waals surface area contributed by atoms with Crippen molar-refractivity contribution in [3.63, 3.8) is 0 Å². The predicted molar refractivity (Wildman–Crippen MR) is 81.8 cm³/mol. The van der Waals surface area contributed by atoms with Crippen molar-refractivity contribution < 1.29 is 9.32 Å². The average molecular weight is 285 g/mol. The molecule has 1 aromatic heterocycles. The van der Waals surface area contributed by atoms with Gasteiger partial charge in [0.2, 0.25) is 0 Å². The second-order valence-electron chi connectivity index (χ2n) is 5.41. The first kappa shape index (κ1) is 13.7. The van der Waals surface area contributed by atoms with Crippen LogP contribution >= 0.6 is 0 Å². The monoisotopic (exact) mass is 285 g/mol. The van der Waals surface area contributed by atoms with Gasteiger partial charge in [0.05, 0.1) is 0 Å². The van der Waals surface area contributed by atoms with E-state index in [1.165, 1.54) is 18.5 Å². The van der Waals surface area contributed by atoms with E-state index in [-0.39, 0.29) is 5.91 Å². The minimum atomic E-state index is -0.238. The van der Waals surface area contributed by atoms with Crippen LogP contribution in [-0.2, 0) is 0 Å². The molecule has 0 saturated carbocycles. The summed E-state index contributed by atoms with van der Waals surface area (Å²) in [6.45, 7) is 5.85. The summed E-state index contributed by atoms with van der Waals surface area (Å²) in [7, 11) is 0. The Hall–Kier alpha value is -2.30. The normalized spacial score (nSPS) is 14.5. The van der Waals surface area contributed by atoms with Crippen molar-refractivity contribution in [2.75, 3.05) is 23.3 Å². The van der Waals surface area contributed by atoms with Crippen molar-refractivity contribution in [2.45, 2.75) is 26.7 Å². The molecule has 1 aliphatic rings. The molecule has 0 spiro atoms. The number of amides is 1. The molecule has 1 aromatic carbocycles. The molecule has 2 aromatic rings. The number of hydrogen-bond acceptors (Lipinski definition) is 4. The van der Waals surface area contributed by atoms with Crippen molar-refractivity contribution in [2.24, 2.45) is 0 Å². The van der Waals surface area contributed by atoms with Gasteiger partial charge in [-0.05, 0) is 51.0 Å². The Morgan fingerprint density at radius 2 is 1.86 bits per heavy atom. The lowest BCUT2D eigenvalue weighted by molar-refractivity contribution is 0.101. The number of aryl methyl sites for hydroxylation is 1. The SMILES string of the molecule is Cc1onc(C(=O)Nc2ccc(N3CCCC3)cc2)c1C. The van der Waals surface area contributed by atoms with E-state index >= 15 is 0 Å². The zero-order valence-corrected chi connectivity index (χ0v) is 12.3. The summed E-state index contributed by atoms with van der Waals surface area (Å²) in [5.74, 6) is 0.433. The zero-order valence-electron chi connectivity index (χ0n) is 12.3. The molecule has 1 N–H and O–H groups in total. The third-order valence-corrected chi connectivity index (χ3v) is 3.97. The lowest BCUT2D eigenvalue weighted by atomic mass is 10.2. The third kappa shape index (κ3) is 2.77.